The number of thiazole rings is 1. The largest absolute Gasteiger partial charge is 0.253 e. The molecule has 0 aliphatic heterocycles. The van der Waals surface area contributed by atoms with Gasteiger partial charge >= 0.3 is 0 Å². The quantitative estimate of drug-likeness (QED) is 0.741. The minimum Gasteiger partial charge on any atom is -0.253 e. The van der Waals surface area contributed by atoms with E-state index in [1.54, 1.807) is 11.3 Å². The normalized spacial score (nSPS) is 12.6. The Kier molecular flexibility index (Phi) is 2.94. The van der Waals surface area contributed by atoms with Crippen LogP contribution in [0.2, 0.25) is 0 Å². The van der Waals surface area contributed by atoms with E-state index in [0.29, 0.717) is 5.92 Å². The molecule has 1 aromatic heterocycles. The lowest BCUT2D eigenvalue weighted by Gasteiger charge is -2.12. The fourth-order valence-electron chi connectivity index (χ4n) is 1.68. The summed E-state index contributed by atoms with van der Waals surface area (Å²) in [5, 5.41) is 0. The van der Waals surface area contributed by atoms with Gasteiger partial charge in [-0.05, 0) is 12.0 Å². The molecule has 0 aliphatic carbocycles. The van der Waals surface area contributed by atoms with Crippen LogP contribution in [0, 0.1) is 0 Å². The van der Waals surface area contributed by atoms with Crippen molar-refractivity contribution in [3.05, 3.63) is 52.5 Å². The Morgan fingerprint density at radius 3 is 2.64 bits per heavy atom. The smallest absolute Gasteiger partial charge is 0.0794 e. The van der Waals surface area contributed by atoms with Crippen LogP contribution in [0.5, 0.6) is 0 Å². The van der Waals surface area contributed by atoms with E-state index >= 15 is 0 Å². The molecule has 0 saturated heterocycles. The Labute approximate surface area is 88.4 Å². The van der Waals surface area contributed by atoms with Crippen molar-refractivity contribution < 1.29 is 0 Å². The van der Waals surface area contributed by atoms with Crippen molar-refractivity contribution in [2.24, 2.45) is 0 Å². The fraction of sp³-hybridized carbons (Fsp3) is 0.250. The maximum Gasteiger partial charge on any atom is 0.0794 e. The lowest BCUT2D eigenvalue weighted by Crippen LogP contribution is -1.96. The maximum absolute atomic E-state index is 4.14. The molecular weight excluding hydrogens is 190 g/mol. The zero-order valence-electron chi connectivity index (χ0n) is 8.18. The van der Waals surface area contributed by atoms with Crippen LogP contribution in [0.3, 0.4) is 0 Å². The first kappa shape index (κ1) is 9.41. The summed E-state index contributed by atoms with van der Waals surface area (Å²) < 4.78 is 0. The van der Waals surface area contributed by atoms with Gasteiger partial charge in [-0.3, -0.25) is 4.98 Å². The Morgan fingerprint density at radius 1 is 1.29 bits per heavy atom. The number of hydrogen-bond acceptors (Lipinski definition) is 2. The van der Waals surface area contributed by atoms with E-state index in [2.05, 4.69) is 42.2 Å². The SMILES string of the molecule is CCC(c1ccccc1)c1cncs1. The summed E-state index contributed by atoms with van der Waals surface area (Å²) in [6, 6.07) is 10.6. The third kappa shape index (κ3) is 1.85. The van der Waals surface area contributed by atoms with Crippen molar-refractivity contribution in [1.29, 1.82) is 0 Å². The number of aromatic nitrogens is 1. The van der Waals surface area contributed by atoms with Gasteiger partial charge in [0.25, 0.3) is 0 Å². The molecule has 0 spiro atoms. The molecule has 0 radical (unpaired) electrons. The van der Waals surface area contributed by atoms with E-state index in [0.717, 1.165) is 6.42 Å². The van der Waals surface area contributed by atoms with Crippen LogP contribution in [0.1, 0.15) is 29.7 Å². The van der Waals surface area contributed by atoms with Crippen molar-refractivity contribution in [3.63, 3.8) is 0 Å². The minimum absolute atomic E-state index is 0.517. The molecule has 1 heterocycles. The summed E-state index contributed by atoms with van der Waals surface area (Å²) in [6.45, 7) is 2.22. The summed E-state index contributed by atoms with van der Waals surface area (Å²) >= 11 is 1.74. The summed E-state index contributed by atoms with van der Waals surface area (Å²) in [5.41, 5.74) is 3.29. The van der Waals surface area contributed by atoms with Gasteiger partial charge in [-0.25, -0.2) is 0 Å². The highest BCUT2D eigenvalue weighted by molar-refractivity contribution is 7.09. The molecule has 72 valence electrons. The van der Waals surface area contributed by atoms with Crippen LogP contribution >= 0.6 is 11.3 Å². The van der Waals surface area contributed by atoms with Gasteiger partial charge in [0.05, 0.1) is 5.51 Å². The van der Waals surface area contributed by atoms with E-state index < -0.39 is 0 Å². The summed E-state index contributed by atoms with van der Waals surface area (Å²) in [6.07, 6.45) is 3.11. The lowest BCUT2D eigenvalue weighted by molar-refractivity contribution is 0.790. The fourth-order valence-corrected chi connectivity index (χ4v) is 2.52. The zero-order chi connectivity index (χ0) is 9.80. The van der Waals surface area contributed by atoms with Crippen LogP contribution in [0.15, 0.2) is 42.0 Å². The molecule has 1 unspecified atom stereocenters. The molecular formula is C12H13NS. The molecule has 1 nitrogen and oxygen atoms in total. The molecule has 0 N–H and O–H groups in total. The predicted molar refractivity (Wildman–Crippen MR) is 60.7 cm³/mol. The van der Waals surface area contributed by atoms with Gasteiger partial charge in [0.15, 0.2) is 0 Å². The molecule has 2 heteroatoms. The number of hydrogen-bond donors (Lipinski definition) is 0. The third-order valence-electron chi connectivity index (χ3n) is 2.41. The van der Waals surface area contributed by atoms with Gasteiger partial charge in [0, 0.05) is 17.0 Å². The summed E-state index contributed by atoms with van der Waals surface area (Å²) in [4.78, 5) is 5.49. The molecule has 0 aliphatic rings. The second kappa shape index (κ2) is 4.38. The molecule has 2 rings (SSSR count). The Bertz CT molecular complexity index is 366. The molecule has 1 atom stereocenters. The van der Waals surface area contributed by atoms with E-state index in [9.17, 15) is 0 Å². The highest BCUT2D eigenvalue weighted by atomic mass is 32.1. The van der Waals surface area contributed by atoms with Crippen molar-refractivity contribution in [2.75, 3.05) is 0 Å². The molecule has 1 aromatic carbocycles. The van der Waals surface area contributed by atoms with E-state index in [4.69, 9.17) is 0 Å². The molecule has 0 fully saturated rings. The first-order chi connectivity index (χ1) is 6.92. The standard InChI is InChI=1S/C12H13NS/c1-2-11(12-8-13-9-14-12)10-6-4-3-5-7-10/h3-9,11H,2H2,1H3. The second-order valence-corrected chi connectivity index (χ2v) is 4.19. The first-order valence-corrected chi connectivity index (χ1v) is 5.73. The van der Waals surface area contributed by atoms with Crippen LogP contribution in [-0.4, -0.2) is 4.98 Å². The van der Waals surface area contributed by atoms with E-state index in [1.807, 2.05) is 11.7 Å². The Morgan fingerprint density at radius 2 is 2.07 bits per heavy atom. The average Bonchev–Trinajstić information content (AvgIpc) is 2.74. The second-order valence-electron chi connectivity index (χ2n) is 3.28. The average molecular weight is 203 g/mol. The predicted octanol–water partition coefficient (Wildman–Crippen LogP) is 3.69. The van der Waals surface area contributed by atoms with Gasteiger partial charge < -0.3 is 0 Å². The monoisotopic (exact) mass is 203 g/mol. The van der Waals surface area contributed by atoms with Gasteiger partial charge in [-0.1, -0.05) is 37.3 Å². The number of rotatable bonds is 3. The van der Waals surface area contributed by atoms with Crippen LogP contribution in [-0.2, 0) is 0 Å². The summed E-state index contributed by atoms with van der Waals surface area (Å²) in [5.74, 6) is 0.517. The Balaban J connectivity index is 2.31. The van der Waals surface area contributed by atoms with Gasteiger partial charge in [0.1, 0.15) is 0 Å². The Hall–Kier alpha value is -1.15. The van der Waals surface area contributed by atoms with E-state index in [1.165, 1.54) is 10.4 Å². The minimum atomic E-state index is 0.517. The topological polar surface area (TPSA) is 12.9 Å². The molecule has 2 aromatic rings. The molecule has 14 heavy (non-hydrogen) atoms. The van der Waals surface area contributed by atoms with Crippen LogP contribution in [0.25, 0.3) is 0 Å². The van der Waals surface area contributed by atoms with Gasteiger partial charge in [-0.2, -0.15) is 0 Å². The van der Waals surface area contributed by atoms with E-state index in [-0.39, 0.29) is 0 Å². The first-order valence-electron chi connectivity index (χ1n) is 4.85. The molecule has 0 saturated carbocycles. The van der Waals surface area contributed by atoms with Crippen LogP contribution in [0.4, 0.5) is 0 Å². The molecule has 0 bridgehead atoms. The zero-order valence-corrected chi connectivity index (χ0v) is 9.00. The van der Waals surface area contributed by atoms with Crippen molar-refractivity contribution in [2.45, 2.75) is 19.3 Å². The van der Waals surface area contributed by atoms with Crippen molar-refractivity contribution >= 4 is 11.3 Å². The maximum atomic E-state index is 4.14. The summed E-state index contributed by atoms with van der Waals surface area (Å²) in [7, 11) is 0. The third-order valence-corrected chi connectivity index (χ3v) is 3.29. The highest BCUT2D eigenvalue weighted by Gasteiger charge is 2.12. The number of nitrogens with zero attached hydrogens (tertiary/aromatic N) is 1. The van der Waals surface area contributed by atoms with Crippen molar-refractivity contribution in [3.8, 4) is 0 Å². The molecule has 0 amide bonds. The highest BCUT2D eigenvalue weighted by Crippen LogP contribution is 2.29. The lowest BCUT2D eigenvalue weighted by atomic mass is 9.96. The number of benzene rings is 1. The van der Waals surface area contributed by atoms with Crippen molar-refractivity contribution in [1.82, 2.24) is 4.98 Å². The van der Waals surface area contributed by atoms with Gasteiger partial charge in [0.2, 0.25) is 0 Å². The van der Waals surface area contributed by atoms with Gasteiger partial charge in [-0.15, -0.1) is 11.3 Å². The van der Waals surface area contributed by atoms with Crippen LogP contribution < -0.4 is 0 Å².